The Morgan fingerprint density at radius 3 is 2.31 bits per heavy atom. The Hall–Kier alpha value is -3.17. The van der Waals surface area contributed by atoms with Gasteiger partial charge in [-0.3, -0.25) is 9.69 Å². The van der Waals surface area contributed by atoms with Crippen LogP contribution in [0.5, 0.6) is 0 Å². The maximum absolute atomic E-state index is 12.9. The largest absolute Gasteiger partial charge is 0.447 e. The molecule has 0 spiro atoms. The van der Waals surface area contributed by atoms with E-state index in [2.05, 4.69) is 10.3 Å². The molecule has 1 N–H and O–H groups in total. The Morgan fingerprint density at radius 1 is 1.03 bits per heavy atom. The predicted molar refractivity (Wildman–Crippen MR) is 112 cm³/mol. The van der Waals surface area contributed by atoms with E-state index >= 15 is 0 Å². The highest BCUT2D eigenvalue weighted by molar-refractivity contribution is 5.91. The normalized spacial score (nSPS) is 11.7. The standard InChI is InChI=1S/C23H24F3N3O3/c1-31-12-11-27-22(30)20-16-32-21(28-20)15-29(13-17-5-3-2-4-6-17)14-18-7-9-19(10-8-18)23(24,25)26/h2-10,16H,11-15H2,1H3,(H,27,30). The number of ether oxygens (including phenoxy) is 1. The molecule has 0 radical (unpaired) electrons. The van der Waals surface area contributed by atoms with Crippen LogP contribution in [-0.4, -0.2) is 36.1 Å². The molecule has 0 unspecified atom stereocenters. The lowest BCUT2D eigenvalue weighted by molar-refractivity contribution is -0.137. The lowest BCUT2D eigenvalue weighted by Crippen LogP contribution is -2.27. The molecule has 0 aliphatic carbocycles. The third kappa shape index (κ3) is 6.93. The Labute approximate surface area is 184 Å². The number of nitrogens with one attached hydrogen (secondary N) is 1. The van der Waals surface area contributed by atoms with Gasteiger partial charge in [-0.25, -0.2) is 4.98 Å². The zero-order valence-electron chi connectivity index (χ0n) is 17.6. The Balaban J connectivity index is 1.71. The highest BCUT2D eigenvalue weighted by Gasteiger charge is 2.30. The molecule has 1 heterocycles. The first-order valence-electron chi connectivity index (χ1n) is 9.99. The number of halogens is 3. The van der Waals surface area contributed by atoms with Gasteiger partial charge in [-0.1, -0.05) is 42.5 Å². The SMILES string of the molecule is COCCNC(=O)c1coc(CN(Cc2ccccc2)Cc2ccc(C(F)(F)F)cc2)n1. The van der Waals surface area contributed by atoms with Gasteiger partial charge in [0.05, 0.1) is 18.7 Å². The topological polar surface area (TPSA) is 67.6 Å². The van der Waals surface area contributed by atoms with Crippen LogP contribution < -0.4 is 5.32 Å². The highest BCUT2D eigenvalue weighted by atomic mass is 19.4. The number of hydrogen-bond acceptors (Lipinski definition) is 5. The van der Waals surface area contributed by atoms with Crippen molar-refractivity contribution in [3.05, 3.63) is 89.1 Å². The second kappa shape index (κ2) is 10.9. The van der Waals surface area contributed by atoms with Gasteiger partial charge in [-0.2, -0.15) is 13.2 Å². The number of amides is 1. The third-order valence-corrected chi connectivity index (χ3v) is 4.67. The molecule has 6 nitrogen and oxygen atoms in total. The number of alkyl halides is 3. The van der Waals surface area contributed by atoms with Crippen LogP contribution in [0.15, 0.2) is 65.3 Å². The maximum atomic E-state index is 12.9. The van der Waals surface area contributed by atoms with Gasteiger partial charge in [-0.15, -0.1) is 0 Å². The number of oxazole rings is 1. The van der Waals surface area contributed by atoms with Gasteiger partial charge in [-0.05, 0) is 23.3 Å². The van der Waals surface area contributed by atoms with Gasteiger partial charge in [0.25, 0.3) is 5.91 Å². The molecule has 0 bridgehead atoms. The van der Waals surface area contributed by atoms with Crippen molar-refractivity contribution in [1.29, 1.82) is 0 Å². The second-order valence-electron chi connectivity index (χ2n) is 7.20. The molecule has 3 aromatic rings. The van der Waals surface area contributed by atoms with Crippen molar-refractivity contribution in [2.24, 2.45) is 0 Å². The first-order chi connectivity index (χ1) is 15.3. The summed E-state index contributed by atoms with van der Waals surface area (Å²) < 4.78 is 48.9. The van der Waals surface area contributed by atoms with E-state index in [9.17, 15) is 18.0 Å². The number of carbonyl (C=O) groups excluding carboxylic acids is 1. The zero-order valence-corrected chi connectivity index (χ0v) is 17.6. The number of rotatable bonds is 10. The summed E-state index contributed by atoms with van der Waals surface area (Å²) in [5.41, 5.74) is 1.22. The summed E-state index contributed by atoms with van der Waals surface area (Å²) in [7, 11) is 1.54. The molecular formula is C23H24F3N3O3. The number of benzene rings is 2. The van der Waals surface area contributed by atoms with E-state index in [0.717, 1.165) is 23.3 Å². The predicted octanol–water partition coefficient (Wildman–Crippen LogP) is 4.27. The highest BCUT2D eigenvalue weighted by Crippen LogP contribution is 2.29. The lowest BCUT2D eigenvalue weighted by Gasteiger charge is -2.21. The number of hydrogen-bond donors (Lipinski definition) is 1. The number of methoxy groups -OCH3 is 1. The van der Waals surface area contributed by atoms with Crippen molar-refractivity contribution in [2.45, 2.75) is 25.8 Å². The van der Waals surface area contributed by atoms with Crippen molar-refractivity contribution >= 4 is 5.91 Å². The van der Waals surface area contributed by atoms with E-state index in [-0.39, 0.29) is 18.1 Å². The molecule has 0 fully saturated rings. The molecule has 0 aliphatic rings. The summed E-state index contributed by atoms with van der Waals surface area (Å²) in [4.78, 5) is 18.3. The summed E-state index contributed by atoms with van der Waals surface area (Å²) in [6.45, 7) is 1.92. The number of aromatic nitrogens is 1. The van der Waals surface area contributed by atoms with Gasteiger partial charge >= 0.3 is 6.18 Å². The van der Waals surface area contributed by atoms with Crippen LogP contribution >= 0.6 is 0 Å². The Kier molecular flexibility index (Phi) is 8.02. The zero-order chi connectivity index (χ0) is 23.0. The molecule has 32 heavy (non-hydrogen) atoms. The molecular weight excluding hydrogens is 423 g/mol. The van der Waals surface area contributed by atoms with E-state index in [1.807, 2.05) is 35.2 Å². The molecule has 0 aliphatic heterocycles. The van der Waals surface area contributed by atoms with Crippen LogP contribution in [0.1, 0.15) is 33.1 Å². The van der Waals surface area contributed by atoms with Gasteiger partial charge in [0.15, 0.2) is 5.69 Å². The van der Waals surface area contributed by atoms with Crippen molar-refractivity contribution in [3.63, 3.8) is 0 Å². The smallest absolute Gasteiger partial charge is 0.416 e. The van der Waals surface area contributed by atoms with Crippen LogP contribution in [0.2, 0.25) is 0 Å². The second-order valence-corrected chi connectivity index (χ2v) is 7.20. The minimum atomic E-state index is -4.37. The van der Waals surface area contributed by atoms with Crippen LogP contribution in [0, 0.1) is 0 Å². The molecule has 0 atom stereocenters. The third-order valence-electron chi connectivity index (χ3n) is 4.67. The van der Waals surface area contributed by atoms with Crippen molar-refractivity contribution < 1.29 is 27.1 Å². The average molecular weight is 447 g/mol. The molecule has 3 rings (SSSR count). The molecule has 0 saturated carbocycles. The average Bonchev–Trinajstić information content (AvgIpc) is 3.23. The van der Waals surface area contributed by atoms with Gasteiger partial charge in [0, 0.05) is 26.7 Å². The van der Waals surface area contributed by atoms with Crippen molar-refractivity contribution in [1.82, 2.24) is 15.2 Å². The molecule has 1 aromatic heterocycles. The van der Waals surface area contributed by atoms with Gasteiger partial charge in [0.1, 0.15) is 6.26 Å². The summed E-state index contributed by atoms with van der Waals surface area (Å²) in [5, 5.41) is 2.67. The van der Waals surface area contributed by atoms with Crippen LogP contribution in [0.25, 0.3) is 0 Å². The molecule has 2 aromatic carbocycles. The fourth-order valence-corrected chi connectivity index (χ4v) is 3.10. The van der Waals surface area contributed by atoms with Gasteiger partial charge < -0.3 is 14.5 Å². The van der Waals surface area contributed by atoms with Crippen LogP contribution in [0.3, 0.4) is 0 Å². The fraction of sp³-hybridized carbons (Fsp3) is 0.304. The van der Waals surface area contributed by atoms with Crippen molar-refractivity contribution in [3.8, 4) is 0 Å². The quantitative estimate of drug-likeness (QED) is 0.470. The Bertz CT molecular complexity index is 989. The molecule has 0 saturated heterocycles. The van der Waals surface area contributed by atoms with Crippen molar-refractivity contribution in [2.75, 3.05) is 20.3 Å². The summed E-state index contributed by atoms with van der Waals surface area (Å²) in [6.07, 6.45) is -3.09. The molecule has 9 heteroatoms. The molecule has 170 valence electrons. The monoisotopic (exact) mass is 447 g/mol. The minimum absolute atomic E-state index is 0.158. The van der Waals surface area contributed by atoms with Crippen LogP contribution in [0.4, 0.5) is 13.2 Å². The van der Waals surface area contributed by atoms with E-state index in [0.29, 0.717) is 32.1 Å². The minimum Gasteiger partial charge on any atom is -0.447 e. The lowest BCUT2D eigenvalue weighted by atomic mass is 10.1. The number of nitrogens with zero attached hydrogens (tertiary/aromatic N) is 2. The summed E-state index contributed by atoms with van der Waals surface area (Å²) in [6, 6.07) is 14.7. The van der Waals surface area contributed by atoms with E-state index in [4.69, 9.17) is 9.15 Å². The van der Waals surface area contributed by atoms with Gasteiger partial charge in [0.2, 0.25) is 5.89 Å². The van der Waals surface area contributed by atoms with E-state index in [1.54, 1.807) is 7.11 Å². The first-order valence-corrected chi connectivity index (χ1v) is 9.99. The van der Waals surface area contributed by atoms with Crippen LogP contribution in [-0.2, 0) is 30.5 Å². The summed E-state index contributed by atoms with van der Waals surface area (Å²) >= 11 is 0. The van der Waals surface area contributed by atoms with E-state index < -0.39 is 11.7 Å². The van der Waals surface area contributed by atoms with E-state index in [1.165, 1.54) is 18.4 Å². The summed E-state index contributed by atoms with van der Waals surface area (Å²) in [5.74, 6) is -0.0286. The molecule has 1 amide bonds. The maximum Gasteiger partial charge on any atom is 0.416 e. The first kappa shape index (κ1) is 23.5. The Morgan fingerprint density at radius 2 is 1.69 bits per heavy atom. The fourth-order valence-electron chi connectivity index (χ4n) is 3.10. The number of carbonyl (C=O) groups is 1.